The molecule has 7 heteroatoms. The van der Waals surface area contributed by atoms with E-state index in [-0.39, 0.29) is 23.9 Å². The summed E-state index contributed by atoms with van der Waals surface area (Å²) in [6, 6.07) is 10.3. The molecule has 28 heavy (non-hydrogen) atoms. The molecule has 2 fully saturated rings. The molecule has 0 bridgehead atoms. The third-order valence-electron chi connectivity index (χ3n) is 5.44. The number of nitrogens with zero attached hydrogens (tertiary/aromatic N) is 2. The van der Waals surface area contributed by atoms with Crippen LogP contribution in [0.4, 0.5) is 10.5 Å². The summed E-state index contributed by atoms with van der Waals surface area (Å²) >= 11 is 1.39. The third kappa shape index (κ3) is 3.30. The molecule has 2 aliphatic heterocycles. The van der Waals surface area contributed by atoms with Crippen LogP contribution in [-0.2, 0) is 4.79 Å². The van der Waals surface area contributed by atoms with Crippen LogP contribution in [0.5, 0.6) is 0 Å². The molecule has 0 saturated carbocycles. The number of anilines is 1. The molecule has 0 aliphatic carbocycles. The van der Waals surface area contributed by atoms with Gasteiger partial charge in [0, 0.05) is 12.6 Å². The molecule has 3 heterocycles. The lowest BCUT2D eigenvalue weighted by Gasteiger charge is -2.32. The molecule has 0 spiro atoms. The van der Waals surface area contributed by atoms with E-state index in [9.17, 15) is 14.4 Å². The van der Waals surface area contributed by atoms with Crippen molar-refractivity contribution in [1.82, 2.24) is 10.2 Å². The second-order valence-corrected chi connectivity index (χ2v) is 8.53. The minimum absolute atomic E-state index is 0.115. The van der Waals surface area contributed by atoms with Crippen LogP contribution in [0.15, 0.2) is 41.8 Å². The van der Waals surface area contributed by atoms with Crippen LogP contribution in [0, 0.1) is 0 Å². The molecule has 146 valence electrons. The summed E-state index contributed by atoms with van der Waals surface area (Å²) in [6.07, 6.45) is 1.09. The van der Waals surface area contributed by atoms with Crippen molar-refractivity contribution in [3.63, 3.8) is 0 Å². The zero-order chi connectivity index (χ0) is 19.8. The number of benzene rings is 1. The van der Waals surface area contributed by atoms with Crippen LogP contribution in [-0.4, -0.2) is 41.4 Å². The van der Waals surface area contributed by atoms with Crippen molar-refractivity contribution in [2.75, 3.05) is 11.4 Å². The summed E-state index contributed by atoms with van der Waals surface area (Å²) in [7, 11) is 0. The molecule has 1 aromatic carbocycles. The second kappa shape index (κ2) is 7.39. The average molecular weight is 398 g/mol. The van der Waals surface area contributed by atoms with Crippen molar-refractivity contribution in [2.45, 2.75) is 44.7 Å². The van der Waals surface area contributed by atoms with Crippen molar-refractivity contribution >= 4 is 34.9 Å². The number of amides is 4. The van der Waals surface area contributed by atoms with Crippen LogP contribution < -0.4 is 10.2 Å². The number of rotatable bonds is 4. The Kier molecular flexibility index (Phi) is 4.93. The van der Waals surface area contributed by atoms with Gasteiger partial charge in [0.25, 0.3) is 11.8 Å². The standard InChI is InChI=1S/C21H23N3O3S/c1-13(2)14-5-7-16(8-6-14)24-20(26)17-12-15(9-10-23(17)21(24)27)22-19(25)18-4-3-11-28-18/h3-8,11,13,15,17H,9-10,12H2,1-2H3,(H,22,25)/t15-,17+/m0/s1. The van der Waals surface area contributed by atoms with Gasteiger partial charge in [0.2, 0.25) is 0 Å². The molecule has 6 nitrogen and oxygen atoms in total. The van der Waals surface area contributed by atoms with Crippen LogP contribution in [0.2, 0.25) is 0 Å². The predicted octanol–water partition coefficient (Wildman–Crippen LogP) is 3.60. The van der Waals surface area contributed by atoms with Crippen LogP contribution in [0.3, 0.4) is 0 Å². The van der Waals surface area contributed by atoms with Gasteiger partial charge in [-0.25, -0.2) is 9.69 Å². The molecule has 0 unspecified atom stereocenters. The molecule has 2 aromatic rings. The smallest absolute Gasteiger partial charge is 0.332 e. The Bertz CT molecular complexity index is 892. The van der Waals surface area contributed by atoms with Gasteiger partial charge in [-0.2, -0.15) is 0 Å². The molecule has 2 saturated heterocycles. The number of fused-ring (bicyclic) bond motifs is 1. The number of nitrogens with one attached hydrogen (secondary N) is 1. The molecule has 2 aliphatic rings. The summed E-state index contributed by atoms with van der Waals surface area (Å²) in [6.45, 7) is 4.67. The highest BCUT2D eigenvalue weighted by Crippen LogP contribution is 2.31. The molecular formula is C21H23N3O3S. The van der Waals surface area contributed by atoms with Crippen molar-refractivity contribution < 1.29 is 14.4 Å². The summed E-state index contributed by atoms with van der Waals surface area (Å²) < 4.78 is 0. The first-order chi connectivity index (χ1) is 13.5. The Hall–Kier alpha value is -2.67. The van der Waals surface area contributed by atoms with E-state index in [1.54, 1.807) is 11.0 Å². The molecule has 1 aromatic heterocycles. The van der Waals surface area contributed by atoms with Crippen molar-refractivity contribution in [3.8, 4) is 0 Å². The first kappa shape index (κ1) is 18.7. The fourth-order valence-electron chi connectivity index (χ4n) is 3.84. The third-order valence-corrected chi connectivity index (χ3v) is 6.31. The maximum Gasteiger partial charge on any atom is 0.332 e. The average Bonchev–Trinajstić information content (AvgIpc) is 3.30. The highest BCUT2D eigenvalue weighted by Gasteiger charge is 2.48. The Balaban J connectivity index is 1.48. The van der Waals surface area contributed by atoms with E-state index in [4.69, 9.17) is 0 Å². The van der Waals surface area contributed by atoms with E-state index in [1.165, 1.54) is 16.2 Å². The van der Waals surface area contributed by atoms with Gasteiger partial charge in [-0.15, -0.1) is 11.3 Å². The topological polar surface area (TPSA) is 69.7 Å². The molecule has 1 N–H and O–H groups in total. The minimum atomic E-state index is -0.514. The van der Waals surface area contributed by atoms with Crippen LogP contribution >= 0.6 is 11.3 Å². The van der Waals surface area contributed by atoms with E-state index in [2.05, 4.69) is 19.2 Å². The Labute approximate surface area is 168 Å². The fraction of sp³-hybridized carbons (Fsp3) is 0.381. The fourth-order valence-corrected chi connectivity index (χ4v) is 4.47. The lowest BCUT2D eigenvalue weighted by atomic mass is 9.98. The van der Waals surface area contributed by atoms with Gasteiger partial charge in [0.15, 0.2) is 0 Å². The number of hydrogen-bond donors (Lipinski definition) is 1. The maximum atomic E-state index is 13.0. The first-order valence-electron chi connectivity index (χ1n) is 9.54. The molecular weight excluding hydrogens is 374 g/mol. The van der Waals surface area contributed by atoms with Crippen molar-refractivity contribution in [3.05, 3.63) is 52.2 Å². The number of carbonyl (C=O) groups excluding carboxylic acids is 3. The van der Waals surface area contributed by atoms with Gasteiger partial charge in [-0.3, -0.25) is 9.59 Å². The highest BCUT2D eigenvalue weighted by atomic mass is 32.1. The van der Waals surface area contributed by atoms with Gasteiger partial charge in [-0.05, 0) is 47.9 Å². The quantitative estimate of drug-likeness (QED) is 0.802. The highest BCUT2D eigenvalue weighted by molar-refractivity contribution is 7.12. The number of thiophene rings is 1. The normalized spacial score (nSPS) is 22.0. The summed E-state index contributed by atoms with van der Waals surface area (Å²) in [5.41, 5.74) is 1.77. The van der Waals surface area contributed by atoms with E-state index in [1.807, 2.05) is 35.7 Å². The summed E-state index contributed by atoms with van der Waals surface area (Å²) in [4.78, 5) is 41.7. The Morgan fingerprint density at radius 1 is 1.18 bits per heavy atom. The van der Waals surface area contributed by atoms with Gasteiger partial charge in [0.1, 0.15) is 6.04 Å². The van der Waals surface area contributed by atoms with Gasteiger partial charge < -0.3 is 10.2 Å². The largest absolute Gasteiger partial charge is 0.348 e. The Morgan fingerprint density at radius 2 is 1.93 bits per heavy atom. The first-order valence-corrected chi connectivity index (χ1v) is 10.4. The maximum absolute atomic E-state index is 13.0. The Morgan fingerprint density at radius 3 is 2.57 bits per heavy atom. The zero-order valence-corrected chi connectivity index (χ0v) is 16.7. The number of piperidine rings is 1. The van der Waals surface area contributed by atoms with Crippen molar-refractivity contribution in [1.29, 1.82) is 0 Å². The van der Waals surface area contributed by atoms with Crippen LogP contribution in [0.25, 0.3) is 0 Å². The SMILES string of the molecule is CC(C)c1ccc(N2C(=O)[C@H]3C[C@@H](NC(=O)c4cccs4)CCN3C2=O)cc1. The van der Waals surface area contributed by atoms with Gasteiger partial charge in [0.05, 0.1) is 10.6 Å². The predicted molar refractivity (Wildman–Crippen MR) is 109 cm³/mol. The monoisotopic (exact) mass is 397 g/mol. The molecule has 4 amide bonds. The number of hydrogen-bond acceptors (Lipinski definition) is 4. The lowest BCUT2D eigenvalue weighted by molar-refractivity contribution is -0.120. The summed E-state index contributed by atoms with van der Waals surface area (Å²) in [5.74, 6) is 0.0572. The molecule has 4 rings (SSSR count). The van der Waals surface area contributed by atoms with Gasteiger partial charge >= 0.3 is 6.03 Å². The number of imide groups is 1. The van der Waals surface area contributed by atoms with Gasteiger partial charge in [-0.1, -0.05) is 32.0 Å². The molecule has 0 radical (unpaired) electrons. The second-order valence-electron chi connectivity index (χ2n) is 7.58. The lowest BCUT2D eigenvalue weighted by Crippen LogP contribution is -2.49. The minimum Gasteiger partial charge on any atom is -0.348 e. The van der Waals surface area contributed by atoms with E-state index in [0.717, 1.165) is 5.56 Å². The van der Waals surface area contributed by atoms with E-state index >= 15 is 0 Å². The van der Waals surface area contributed by atoms with E-state index < -0.39 is 6.04 Å². The number of carbonyl (C=O) groups is 3. The number of urea groups is 1. The van der Waals surface area contributed by atoms with Crippen molar-refractivity contribution in [2.24, 2.45) is 0 Å². The summed E-state index contributed by atoms with van der Waals surface area (Å²) in [5, 5.41) is 4.87. The van der Waals surface area contributed by atoms with E-state index in [0.29, 0.717) is 35.9 Å². The molecule has 2 atom stereocenters. The zero-order valence-electron chi connectivity index (χ0n) is 15.9. The van der Waals surface area contributed by atoms with Crippen LogP contribution in [0.1, 0.15) is 47.8 Å².